The molecule has 0 rings (SSSR count). The maximum absolute atomic E-state index is 12.5. The lowest BCUT2D eigenvalue weighted by Gasteiger charge is -2.20. The summed E-state index contributed by atoms with van der Waals surface area (Å²) < 4.78 is 5.45. The Hall–Kier alpha value is -1.66. The zero-order valence-electron chi connectivity index (χ0n) is 44.4. The SMILES string of the molecule is CCCC/C=C\CCCCCCCC(=O)OCCCCCCCCCCCCCCCCCC(=O)NC(CO)C(O)/C=C/CCCCCCCCCCCCCCCCCCCCCCC. The highest BCUT2D eigenvalue weighted by molar-refractivity contribution is 5.76. The fraction of sp³-hybridized carbons (Fsp3) is 0.900. The summed E-state index contributed by atoms with van der Waals surface area (Å²) in [5, 5.41) is 23.2. The second kappa shape index (κ2) is 55.9. The minimum Gasteiger partial charge on any atom is -0.466 e. The third-order valence-corrected chi connectivity index (χ3v) is 13.7. The molecule has 6 heteroatoms. The predicted molar refractivity (Wildman–Crippen MR) is 287 cm³/mol. The second-order valence-corrected chi connectivity index (χ2v) is 20.3. The van der Waals surface area contributed by atoms with Crippen molar-refractivity contribution < 1.29 is 24.5 Å². The molecule has 0 aliphatic heterocycles. The monoisotopic (exact) mass is 930 g/mol. The number of aliphatic hydroxyl groups excluding tert-OH is 2. The van der Waals surface area contributed by atoms with Crippen LogP contribution < -0.4 is 5.32 Å². The number of ether oxygens (including phenoxy) is 1. The van der Waals surface area contributed by atoms with E-state index in [0.29, 0.717) is 19.4 Å². The Morgan fingerprint density at radius 3 is 1.12 bits per heavy atom. The third-order valence-electron chi connectivity index (χ3n) is 13.7. The largest absolute Gasteiger partial charge is 0.466 e. The van der Waals surface area contributed by atoms with Crippen molar-refractivity contribution >= 4 is 11.9 Å². The first-order valence-corrected chi connectivity index (χ1v) is 29.6. The summed E-state index contributed by atoms with van der Waals surface area (Å²) in [5.41, 5.74) is 0. The third kappa shape index (κ3) is 51.7. The van der Waals surface area contributed by atoms with E-state index in [4.69, 9.17) is 4.74 Å². The molecule has 66 heavy (non-hydrogen) atoms. The van der Waals surface area contributed by atoms with E-state index in [0.717, 1.165) is 51.4 Å². The van der Waals surface area contributed by atoms with Gasteiger partial charge in [-0.05, 0) is 51.4 Å². The zero-order chi connectivity index (χ0) is 47.9. The number of unbranched alkanes of at least 4 members (excludes halogenated alkanes) is 42. The summed E-state index contributed by atoms with van der Waals surface area (Å²) in [5.74, 6) is -0.0849. The van der Waals surface area contributed by atoms with Crippen LogP contribution in [0.1, 0.15) is 322 Å². The van der Waals surface area contributed by atoms with Gasteiger partial charge in [0.1, 0.15) is 0 Å². The molecule has 0 fully saturated rings. The highest BCUT2D eigenvalue weighted by Gasteiger charge is 2.18. The van der Waals surface area contributed by atoms with Gasteiger partial charge in [-0.2, -0.15) is 0 Å². The summed E-state index contributed by atoms with van der Waals surface area (Å²) in [6.07, 6.45) is 67.7. The lowest BCUT2D eigenvalue weighted by molar-refractivity contribution is -0.143. The molecule has 1 amide bonds. The number of esters is 1. The Bertz CT molecular complexity index is 1030. The van der Waals surface area contributed by atoms with Crippen molar-refractivity contribution in [3.8, 4) is 0 Å². The van der Waals surface area contributed by atoms with Crippen LogP contribution in [-0.4, -0.2) is 47.4 Å². The van der Waals surface area contributed by atoms with Crippen LogP contribution in [0.4, 0.5) is 0 Å². The van der Waals surface area contributed by atoms with Crippen molar-refractivity contribution in [3.05, 3.63) is 24.3 Å². The molecule has 0 aromatic heterocycles. The van der Waals surface area contributed by atoms with Crippen LogP contribution in [0.3, 0.4) is 0 Å². The van der Waals surface area contributed by atoms with Gasteiger partial charge >= 0.3 is 5.97 Å². The van der Waals surface area contributed by atoms with E-state index in [1.165, 1.54) is 244 Å². The molecule has 0 saturated heterocycles. The van der Waals surface area contributed by atoms with Gasteiger partial charge in [-0.3, -0.25) is 9.59 Å². The highest BCUT2D eigenvalue weighted by Crippen LogP contribution is 2.17. The lowest BCUT2D eigenvalue weighted by Crippen LogP contribution is -2.45. The minimum atomic E-state index is -0.851. The molecule has 0 aliphatic carbocycles. The van der Waals surface area contributed by atoms with Gasteiger partial charge in [0.2, 0.25) is 5.91 Å². The van der Waals surface area contributed by atoms with E-state index >= 15 is 0 Å². The van der Waals surface area contributed by atoms with Crippen molar-refractivity contribution in [1.29, 1.82) is 0 Å². The predicted octanol–water partition coefficient (Wildman–Crippen LogP) is 18.2. The summed E-state index contributed by atoms with van der Waals surface area (Å²) in [6, 6.07) is -0.635. The average Bonchev–Trinajstić information content (AvgIpc) is 3.32. The van der Waals surface area contributed by atoms with Gasteiger partial charge in [0, 0.05) is 12.8 Å². The smallest absolute Gasteiger partial charge is 0.305 e. The number of rotatable bonds is 55. The standard InChI is InChI=1S/C60H115NO5/c1-3-5-7-9-11-13-15-16-17-18-19-20-21-22-23-24-26-29-33-36-40-44-48-52-58(63)57(56-62)61-59(64)53-49-45-41-37-34-30-27-25-28-31-35-39-43-47-51-55-66-60(65)54-50-46-42-38-32-14-12-10-8-6-4-2/h10,12,48,52,57-58,62-63H,3-9,11,13-47,49-51,53-56H2,1-2H3,(H,61,64)/b12-10-,52-48+. The Kier molecular flexibility index (Phi) is 54.5. The molecule has 0 spiro atoms. The lowest BCUT2D eigenvalue weighted by atomic mass is 10.0. The quantitative estimate of drug-likeness (QED) is 0.0321. The minimum absolute atomic E-state index is 0.0111. The topological polar surface area (TPSA) is 95.9 Å². The van der Waals surface area contributed by atoms with E-state index in [-0.39, 0.29) is 18.5 Å². The van der Waals surface area contributed by atoms with E-state index in [1.807, 2.05) is 6.08 Å². The number of hydrogen-bond donors (Lipinski definition) is 3. The zero-order valence-corrected chi connectivity index (χ0v) is 44.4. The molecule has 0 bridgehead atoms. The van der Waals surface area contributed by atoms with E-state index in [1.54, 1.807) is 6.08 Å². The summed E-state index contributed by atoms with van der Waals surface area (Å²) in [6.45, 7) is 4.86. The number of hydrogen-bond acceptors (Lipinski definition) is 5. The summed E-state index contributed by atoms with van der Waals surface area (Å²) in [7, 11) is 0. The van der Waals surface area contributed by atoms with Gasteiger partial charge in [-0.1, -0.05) is 282 Å². The van der Waals surface area contributed by atoms with Gasteiger partial charge in [0.15, 0.2) is 0 Å². The van der Waals surface area contributed by atoms with E-state index < -0.39 is 12.1 Å². The second-order valence-electron chi connectivity index (χ2n) is 20.3. The molecule has 0 aliphatic rings. The molecule has 6 nitrogen and oxygen atoms in total. The number of allylic oxidation sites excluding steroid dienone is 3. The molecule has 0 saturated carbocycles. The Balaban J connectivity index is 3.47. The molecular formula is C60H115NO5. The Morgan fingerprint density at radius 1 is 0.409 bits per heavy atom. The van der Waals surface area contributed by atoms with E-state index in [2.05, 4.69) is 31.3 Å². The first-order valence-electron chi connectivity index (χ1n) is 29.6. The average molecular weight is 931 g/mol. The van der Waals surface area contributed by atoms with Gasteiger partial charge in [0.05, 0.1) is 25.4 Å². The van der Waals surface area contributed by atoms with Crippen molar-refractivity contribution in [2.45, 2.75) is 334 Å². The molecular weight excluding hydrogens is 815 g/mol. The first-order chi connectivity index (χ1) is 32.5. The van der Waals surface area contributed by atoms with Crippen LogP contribution in [-0.2, 0) is 14.3 Å². The van der Waals surface area contributed by atoms with Crippen molar-refractivity contribution in [2.24, 2.45) is 0 Å². The molecule has 0 aromatic carbocycles. The molecule has 0 radical (unpaired) electrons. The number of carbonyl (C=O) groups excluding carboxylic acids is 2. The number of nitrogens with one attached hydrogen (secondary N) is 1. The van der Waals surface area contributed by atoms with Crippen LogP contribution in [0, 0.1) is 0 Å². The van der Waals surface area contributed by atoms with Crippen LogP contribution in [0.2, 0.25) is 0 Å². The fourth-order valence-corrected chi connectivity index (χ4v) is 9.15. The molecule has 2 unspecified atom stereocenters. The van der Waals surface area contributed by atoms with Crippen molar-refractivity contribution in [1.82, 2.24) is 5.32 Å². The van der Waals surface area contributed by atoms with Crippen molar-refractivity contribution in [3.63, 3.8) is 0 Å². The number of amides is 1. The molecule has 3 N–H and O–H groups in total. The normalized spacial score (nSPS) is 12.7. The Labute approximate surface area is 411 Å². The van der Waals surface area contributed by atoms with Gasteiger partial charge in [-0.15, -0.1) is 0 Å². The Morgan fingerprint density at radius 2 is 0.727 bits per heavy atom. The van der Waals surface area contributed by atoms with Gasteiger partial charge in [-0.25, -0.2) is 0 Å². The highest BCUT2D eigenvalue weighted by atomic mass is 16.5. The summed E-state index contributed by atoms with van der Waals surface area (Å²) in [4.78, 5) is 24.5. The molecule has 0 aromatic rings. The fourth-order valence-electron chi connectivity index (χ4n) is 9.15. The van der Waals surface area contributed by atoms with E-state index in [9.17, 15) is 19.8 Å². The van der Waals surface area contributed by atoms with Crippen LogP contribution in [0.5, 0.6) is 0 Å². The number of aliphatic hydroxyl groups is 2. The van der Waals surface area contributed by atoms with Crippen molar-refractivity contribution in [2.75, 3.05) is 13.2 Å². The van der Waals surface area contributed by atoms with Gasteiger partial charge in [0.25, 0.3) is 0 Å². The maximum atomic E-state index is 12.5. The van der Waals surface area contributed by atoms with Crippen LogP contribution >= 0.6 is 0 Å². The molecule has 390 valence electrons. The number of carbonyl (C=O) groups is 2. The molecule has 0 heterocycles. The van der Waals surface area contributed by atoms with Gasteiger partial charge < -0.3 is 20.3 Å². The maximum Gasteiger partial charge on any atom is 0.305 e. The first kappa shape index (κ1) is 64.3. The summed E-state index contributed by atoms with van der Waals surface area (Å²) >= 11 is 0. The van der Waals surface area contributed by atoms with Crippen LogP contribution in [0.25, 0.3) is 0 Å². The van der Waals surface area contributed by atoms with Crippen LogP contribution in [0.15, 0.2) is 24.3 Å². The molecule has 2 atom stereocenters.